The molecule has 24 heavy (non-hydrogen) atoms. The quantitative estimate of drug-likeness (QED) is 0.805. The molecule has 3 rings (SSSR count). The van der Waals surface area contributed by atoms with Gasteiger partial charge in [-0.2, -0.15) is 0 Å². The molecule has 0 aliphatic heterocycles. The van der Waals surface area contributed by atoms with Crippen LogP contribution in [0.25, 0.3) is 0 Å². The van der Waals surface area contributed by atoms with Crippen LogP contribution in [0, 0.1) is 28.6 Å². The van der Waals surface area contributed by atoms with Gasteiger partial charge in [0.05, 0.1) is 11.5 Å². The van der Waals surface area contributed by atoms with Gasteiger partial charge in [0.1, 0.15) is 0 Å². The van der Waals surface area contributed by atoms with Crippen LogP contribution >= 0.6 is 0 Å². The molecule has 134 valence electrons. The van der Waals surface area contributed by atoms with E-state index in [1.807, 2.05) is 6.92 Å². The van der Waals surface area contributed by atoms with Crippen LogP contribution in [-0.4, -0.2) is 24.3 Å². The number of fused-ring (bicyclic) bond motifs is 3. The van der Waals surface area contributed by atoms with E-state index in [2.05, 4.69) is 32.9 Å². The van der Waals surface area contributed by atoms with Crippen LogP contribution in [0.3, 0.4) is 0 Å². The third-order valence-corrected chi connectivity index (χ3v) is 7.36. The minimum atomic E-state index is -0.618. The van der Waals surface area contributed by atoms with Crippen molar-refractivity contribution in [1.82, 2.24) is 0 Å². The largest absolute Gasteiger partial charge is 0.481 e. The molecule has 0 saturated heterocycles. The third-order valence-electron chi connectivity index (χ3n) is 7.36. The number of hydrogen-bond acceptors (Lipinski definition) is 2. The first-order chi connectivity index (χ1) is 11.2. The molecule has 5 atom stereocenters. The van der Waals surface area contributed by atoms with Crippen LogP contribution in [-0.2, 0) is 9.53 Å². The second-order valence-corrected chi connectivity index (χ2v) is 8.89. The van der Waals surface area contributed by atoms with Crippen LogP contribution in [0.15, 0.2) is 23.3 Å². The smallest absolute Gasteiger partial charge is 0.309 e. The standard InChI is InChI=1S/C21H32O3/c1-13(2)15-11-14-7-8-18-20(3,16(14)12-17(15)24-5)9-6-10-21(18,4)19(22)23/h7,11,13,16-18H,6,8-10,12H2,1-5H3,(H,22,23)/t16-,17+,18+,20+,21+/m0/s1. The van der Waals surface area contributed by atoms with Crippen LogP contribution in [0.2, 0.25) is 0 Å². The summed E-state index contributed by atoms with van der Waals surface area (Å²) in [6, 6.07) is 0. The zero-order valence-electron chi connectivity index (χ0n) is 15.8. The summed E-state index contributed by atoms with van der Waals surface area (Å²) < 4.78 is 5.83. The maximum Gasteiger partial charge on any atom is 0.309 e. The molecule has 3 nitrogen and oxygen atoms in total. The fraction of sp³-hybridized carbons (Fsp3) is 0.762. The van der Waals surface area contributed by atoms with E-state index in [0.717, 1.165) is 32.1 Å². The summed E-state index contributed by atoms with van der Waals surface area (Å²) in [6.45, 7) is 8.78. The molecule has 1 N–H and O–H groups in total. The Bertz CT molecular complexity index is 588. The van der Waals surface area contributed by atoms with E-state index >= 15 is 0 Å². The van der Waals surface area contributed by atoms with Gasteiger partial charge < -0.3 is 9.84 Å². The number of carboxylic acids is 1. The van der Waals surface area contributed by atoms with Crippen molar-refractivity contribution >= 4 is 5.97 Å². The van der Waals surface area contributed by atoms with E-state index in [-0.39, 0.29) is 17.4 Å². The lowest BCUT2D eigenvalue weighted by atomic mass is 9.46. The minimum absolute atomic E-state index is 0.0608. The Morgan fingerprint density at radius 1 is 1.33 bits per heavy atom. The van der Waals surface area contributed by atoms with Gasteiger partial charge in [-0.1, -0.05) is 39.3 Å². The maximum absolute atomic E-state index is 12.0. The number of aliphatic carboxylic acids is 1. The highest BCUT2D eigenvalue weighted by Gasteiger charge is 2.57. The third kappa shape index (κ3) is 2.47. The van der Waals surface area contributed by atoms with Gasteiger partial charge in [0.15, 0.2) is 0 Å². The first-order valence-electron chi connectivity index (χ1n) is 9.41. The molecule has 1 fully saturated rings. The van der Waals surface area contributed by atoms with Crippen molar-refractivity contribution in [3.63, 3.8) is 0 Å². The van der Waals surface area contributed by atoms with Gasteiger partial charge in [0.25, 0.3) is 0 Å². The lowest BCUT2D eigenvalue weighted by molar-refractivity contribution is -0.163. The normalized spacial score (nSPS) is 42.0. The predicted molar refractivity (Wildman–Crippen MR) is 95.7 cm³/mol. The minimum Gasteiger partial charge on any atom is -0.481 e. The topological polar surface area (TPSA) is 46.5 Å². The maximum atomic E-state index is 12.0. The van der Waals surface area contributed by atoms with E-state index in [4.69, 9.17) is 4.74 Å². The first-order valence-corrected chi connectivity index (χ1v) is 9.41. The number of carbonyl (C=O) groups is 1. The highest BCUT2D eigenvalue weighted by atomic mass is 16.5. The lowest BCUT2D eigenvalue weighted by Gasteiger charge is -2.57. The number of ether oxygens (including phenoxy) is 1. The molecule has 0 amide bonds. The molecule has 1 saturated carbocycles. The Kier molecular flexibility index (Phi) is 4.44. The van der Waals surface area contributed by atoms with Crippen LogP contribution in [0.5, 0.6) is 0 Å². The van der Waals surface area contributed by atoms with Crippen molar-refractivity contribution in [3.05, 3.63) is 23.3 Å². The summed E-state index contributed by atoms with van der Waals surface area (Å²) in [5.41, 5.74) is 2.28. The molecule has 0 heterocycles. The summed E-state index contributed by atoms with van der Waals surface area (Å²) >= 11 is 0. The Labute approximate surface area is 146 Å². The number of allylic oxidation sites excluding steroid dienone is 3. The number of carboxylic acid groups (broad SMARTS) is 1. The van der Waals surface area contributed by atoms with E-state index in [1.165, 1.54) is 11.1 Å². The molecule has 0 aromatic rings. The van der Waals surface area contributed by atoms with Gasteiger partial charge in [-0.15, -0.1) is 0 Å². The second-order valence-electron chi connectivity index (χ2n) is 8.89. The van der Waals surface area contributed by atoms with Crippen molar-refractivity contribution in [2.75, 3.05) is 7.11 Å². The lowest BCUT2D eigenvalue weighted by Crippen LogP contribution is -2.53. The van der Waals surface area contributed by atoms with Crippen molar-refractivity contribution in [3.8, 4) is 0 Å². The van der Waals surface area contributed by atoms with Crippen molar-refractivity contribution in [1.29, 1.82) is 0 Å². The molecule has 3 aliphatic rings. The van der Waals surface area contributed by atoms with Crippen molar-refractivity contribution in [2.24, 2.45) is 28.6 Å². The highest BCUT2D eigenvalue weighted by molar-refractivity contribution is 5.75. The van der Waals surface area contributed by atoms with Gasteiger partial charge in [0.2, 0.25) is 0 Å². The van der Waals surface area contributed by atoms with Gasteiger partial charge in [-0.25, -0.2) is 0 Å². The average molecular weight is 332 g/mol. The molecular formula is C21H32O3. The zero-order valence-corrected chi connectivity index (χ0v) is 15.8. The molecule has 0 bridgehead atoms. The molecule has 3 aliphatic carbocycles. The summed E-state index contributed by atoms with van der Waals surface area (Å²) in [5, 5.41) is 9.90. The van der Waals surface area contributed by atoms with E-state index < -0.39 is 11.4 Å². The molecule has 0 aromatic carbocycles. The number of methoxy groups -OCH3 is 1. The van der Waals surface area contributed by atoms with Gasteiger partial charge in [-0.05, 0) is 66.9 Å². The first kappa shape index (κ1) is 17.7. The summed E-state index contributed by atoms with van der Waals surface area (Å²) in [4.78, 5) is 12.0. The number of rotatable bonds is 3. The SMILES string of the molecule is CO[C@@H]1C[C@H]2C(=CC[C@@H]3[C@]2(C)CCC[C@@]3(C)C(=O)O)C=C1C(C)C. The predicted octanol–water partition coefficient (Wildman–Crippen LogP) is 4.83. The van der Waals surface area contributed by atoms with Crippen molar-refractivity contribution < 1.29 is 14.6 Å². The Morgan fingerprint density at radius 3 is 2.62 bits per heavy atom. The van der Waals surface area contributed by atoms with Crippen LogP contribution < -0.4 is 0 Å². The Hall–Kier alpha value is -1.09. The Morgan fingerprint density at radius 2 is 2.04 bits per heavy atom. The van der Waals surface area contributed by atoms with Crippen LogP contribution in [0.4, 0.5) is 0 Å². The van der Waals surface area contributed by atoms with Gasteiger partial charge in [-0.3, -0.25) is 4.79 Å². The number of hydrogen-bond donors (Lipinski definition) is 1. The fourth-order valence-corrected chi connectivity index (χ4v) is 5.86. The summed E-state index contributed by atoms with van der Waals surface area (Å²) in [7, 11) is 1.81. The van der Waals surface area contributed by atoms with Crippen molar-refractivity contribution in [2.45, 2.75) is 65.9 Å². The second kappa shape index (κ2) is 6.01. The monoisotopic (exact) mass is 332 g/mol. The summed E-state index contributed by atoms with van der Waals surface area (Å²) in [5.74, 6) is 0.505. The molecule has 0 aromatic heterocycles. The molecule has 0 radical (unpaired) electrons. The fourth-order valence-electron chi connectivity index (χ4n) is 5.86. The summed E-state index contributed by atoms with van der Waals surface area (Å²) in [6.07, 6.45) is 9.69. The average Bonchev–Trinajstić information content (AvgIpc) is 2.53. The molecule has 3 heteroatoms. The Balaban J connectivity index is 2.04. The molecule has 0 spiro atoms. The van der Waals surface area contributed by atoms with E-state index in [9.17, 15) is 9.90 Å². The van der Waals surface area contributed by atoms with E-state index in [0.29, 0.717) is 11.8 Å². The van der Waals surface area contributed by atoms with Gasteiger partial charge in [0, 0.05) is 7.11 Å². The highest BCUT2D eigenvalue weighted by Crippen LogP contribution is 2.62. The van der Waals surface area contributed by atoms with E-state index in [1.54, 1.807) is 7.11 Å². The van der Waals surface area contributed by atoms with Crippen LogP contribution in [0.1, 0.15) is 59.8 Å². The molecule has 0 unspecified atom stereocenters. The molecular weight excluding hydrogens is 300 g/mol. The van der Waals surface area contributed by atoms with Gasteiger partial charge >= 0.3 is 5.97 Å². The zero-order chi connectivity index (χ0) is 17.7.